The first kappa shape index (κ1) is 20.1. The fourth-order valence-electron chi connectivity index (χ4n) is 7.13. The number of imide groups is 1. The van der Waals surface area contributed by atoms with Gasteiger partial charge in [-0.1, -0.05) is 91.9 Å². The van der Waals surface area contributed by atoms with E-state index in [2.05, 4.69) is 25.1 Å². The number of amides is 2. The van der Waals surface area contributed by atoms with Crippen molar-refractivity contribution in [3.8, 4) is 0 Å². The monoisotopic (exact) mass is 435 g/mol. The van der Waals surface area contributed by atoms with E-state index < -0.39 is 22.7 Å². The number of rotatable bonds is 3. The highest BCUT2D eigenvalue weighted by molar-refractivity contribution is 6.15. The molecule has 2 fully saturated rings. The molecule has 4 heteroatoms. The van der Waals surface area contributed by atoms with Crippen LogP contribution in [-0.4, -0.2) is 29.5 Å². The summed E-state index contributed by atoms with van der Waals surface area (Å²) in [4.78, 5) is 43.2. The second-order valence-electron chi connectivity index (χ2n) is 9.89. The van der Waals surface area contributed by atoms with Crippen molar-refractivity contribution in [1.82, 2.24) is 4.90 Å². The summed E-state index contributed by atoms with van der Waals surface area (Å²) in [5.41, 5.74) is 1.87. The normalized spacial score (nSPS) is 31.9. The number of Topliss-reactive ketones (excluding diaryl/α,β-unsaturated/α-hetero) is 1. The van der Waals surface area contributed by atoms with Crippen molar-refractivity contribution >= 4 is 17.6 Å². The van der Waals surface area contributed by atoms with Crippen molar-refractivity contribution in [2.45, 2.75) is 30.1 Å². The van der Waals surface area contributed by atoms with E-state index in [4.69, 9.17) is 0 Å². The molecule has 3 aliphatic carbocycles. The summed E-state index contributed by atoms with van der Waals surface area (Å²) in [5, 5.41) is 0. The van der Waals surface area contributed by atoms with Gasteiger partial charge in [0.2, 0.25) is 11.8 Å². The molecule has 5 atom stereocenters. The van der Waals surface area contributed by atoms with Crippen molar-refractivity contribution in [1.29, 1.82) is 0 Å². The molecule has 5 unspecified atom stereocenters. The molecule has 2 amide bonds. The van der Waals surface area contributed by atoms with E-state index in [9.17, 15) is 14.4 Å². The standard InChI is InChI=1S/C29H25NO3/c1-28-17-22(18-11-5-3-6-12-18)29(21-16-10-9-15-20(21)28,25(31)19-13-7-4-8-14-19)24-23(28)26(32)30(2)27(24)33/h3-16,22-24H,17H2,1-2H3. The molecule has 4 nitrogen and oxygen atoms in total. The molecule has 0 radical (unpaired) electrons. The third kappa shape index (κ3) is 2.33. The molecule has 2 bridgehead atoms. The molecule has 33 heavy (non-hydrogen) atoms. The summed E-state index contributed by atoms with van der Waals surface area (Å²) < 4.78 is 0. The lowest BCUT2D eigenvalue weighted by Crippen LogP contribution is -2.65. The summed E-state index contributed by atoms with van der Waals surface area (Å²) in [6.07, 6.45) is 0.640. The highest BCUT2D eigenvalue weighted by Crippen LogP contribution is 2.69. The van der Waals surface area contributed by atoms with Gasteiger partial charge in [0.1, 0.15) is 0 Å². The molecule has 4 aliphatic rings. The highest BCUT2D eigenvalue weighted by atomic mass is 16.2. The molecule has 164 valence electrons. The molecule has 1 saturated heterocycles. The van der Waals surface area contributed by atoms with Gasteiger partial charge in [-0.2, -0.15) is 0 Å². The van der Waals surface area contributed by atoms with Crippen LogP contribution < -0.4 is 0 Å². The fourth-order valence-corrected chi connectivity index (χ4v) is 7.13. The Balaban J connectivity index is 1.74. The van der Waals surface area contributed by atoms with Gasteiger partial charge in [0.25, 0.3) is 0 Å². The number of ketones is 1. The smallest absolute Gasteiger partial charge is 0.234 e. The minimum absolute atomic E-state index is 0.0717. The zero-order valence-corrected chi connectivity index (χ0v) is 18.7. The first-order chi connectivity index (χ1) is 15.9. The van der Waals surface area contributed by atoms with Gasteiger partial charge in [0.15, 0.2) is 5.78 Å². The molecule has 1 saturated carbocycles. The molecule has 0 aromatic heterocycles. The summed E-state index contributed by atoms with van der Waals surface area (Å²) in [7, 11) is 1.56. The van der Waals surface area contributed by atoms with Crippen LogP contribution in [0.3, 0.4) is 0 Å². The Labute approximate surface area is 193 Å². The van der Waals surface area contributed by atoms with E-state index in [1.54, 1.807) is 7.05 Å². The average Bonchev–Trinajstić information content (AvgIpc) is 3.10. The number of fused-ring (bicyclic) bond motifs is 1. The topological polar surface area (TPSA) is 54.5 Å². The van der Waals surface area contributed by atoms with Crippen LogP contribution in [0.2, 0.25) is 0 Å². The van der Waals surface area contributed by atoms with Crippen LogP contribution in [0.1, 0.15) is 46.3 Å². The molecule has 7 rings (SSSR count). The van der Waals surface area contributed by atoms with Crippen LogP contribution in [0.15, 0.2) is 84.9 Å². The maximum Gasteiger partial charge on any atom is 0.234 e. The van der Waals surface area contributed by atoms with Gasteiger partial charge < -0.3 is 0 Å². The Morgan fingerprint density at radius 3 is 2.00 bits per heavy atom. The lowest BCUT2D eigenvalue weighted by molar-refractivity contribution is -0.138. The van der Waals surface area contributed by atoms with Crippen LogP contribution in [-0.2, 0) is 20.4 Å². The van der Waals surface area contributed by atoms with E-state index in [0.29, 0.717) is 12.0 Å². The molecule has 1 heterocycles. The molecule has 3 aromatic carbocycles. The largest absolute Gasteiger partial charge is 0.293 e. The van der Waals surface area contributed by atoms with Crippen LogP contribution in [0.5, 0.6) is 0 Å². The summed E-state index contributed by atoms with van der Waals surface area (Å²) >= 11 is 0. The number of carbonyl (C=O) groups is 3. The van der Waals surface area contributed by atoms with Gasteiger partial charge >= 0.3 is 0 Å². The minimum atomic E-state index is -1.14. The quantitative estimate of drug-likeness (QED) is 0.450. The summed E-state index contributed by atoms with van der Waals surface area (Å²) in [5.74, 6) is -1.96. The number of benzene rings is 3. The second-order valence-corrected chi connectivity index (χ2v) is 9.89. The van der Waals surface area contributed by atoms with Crippen molar-refractivity contribution in [2.75, 3.05) is 7.05 Å². The van der Waals surface area contributed by atoms with E-state index >= 15 is 0 Å². The zero-order chi connectivity index (χ0) is 23.0. The second kappa shape index (κ2) is 6.74. The number of hydrogen-bond donors (Lipinski definition) is 0. The molecule has 0 N–H and O–H groups in total. The number of likely N-dealkylation sites (tertiary alicyclic amines) is 1. The lowest BCUT2D eigenvalue weighted by atomic mass is 9.38. The molecular weight excluding hydrogens is 410 g/mol. The Morgan fingerprint density at radius 2 is 1.33 bits per heavy atom. The summed E-state index contributed by atoms with van der Waals surface area (Å²) in [6.45, 7) is 2.11. The number of hydrogen-bond acceptors (Lipinski definition) is 3. The fraction of sp³-hybridized carbons (Fsp3) is 0.276. The average molecular weight is 436 g/mol. The maximum atomic E-state index is 14.6. The Morgan fingerprint density at radius 1 is 0.788 bits per heavy atom. The van der Waals surface area contributed by atoms with E-state index in [0.717, 1.165) is 16.7 Å². The van der Waals surface area contributed by atoms with Gasteiger partial charge in [0, 0.05) is 23.9 Å². The van der Waals surface area contributed by atoms with E-state index in [1.165, 1.54) is 4.90 Å². The van der Waals surface area contributed by atoms with Crippen LogP contribution in [0.4, 0.5) is 0 Å². The SMILES string of the molecule is CN1C(=O)C2C(C1=O)C1(C(=O)c3ccccc3)c3ccccc3C2(C)CC1c1ccccc1. The third-order valence-electron chi connectivity index (χ3n) is 8.48. The Kier molecular flexibility index (Phi) is 4.10. The number of carbonyl (C=O) groups excluding carboxylic acids is 3. The molecule has 0 spiro atoms. The van der Waals surface area contributed by atoms with Crippen molar-refractivity contribution in [3.05, 3.63) is 107 Å². The first-order valence-electron chi connectivity index (χ1n) is 11.5. The maximum absolute atomic E-state index is 14.6. The van der Waals surface area contributed by atoms with Crippen molar-refractivity contribution in [3.63, 3.8) is 0 Å². The minimum Gasteiger partial charge on any atom is -0.293 e. The van der Waals surface area contributed by atoms with E-state index in [1.807, 2.05) is 66.7 Å². The lowest BCUT2D eigenvalue weighted by Gasteiger charge is -2.61. The Bertz CT molecular complexity index is 1300. The van der Waals surface area contributed by atoms with Gasteiger partial charge in [-0.25, -0.2) is 0 Å². The van der Waals surface area contributed by atoms with Crippen LogP contribution in [0, 0.1) is 11.8 Å². The first-order valence-corrected chi connectivity index (χ1v) is 11.5. The third-order valence-corrected chi connectivity index (χ3v) is 8.48. The Hall–Kier alpha value is -3.53. The molecule has 1 aliphatic heterocycles. The van der Waals surface area contributed by atoms with Crippen LogP contribution in [0.25, 0.3) is 0 Å². The van der Waals surface area contributed by atoms with Crippen LogP contribution >= 0.6 is 0 Å². The van der Waals surface area contributed by atoms with Gasteiger partial charge in [-0.3, -0.25) is 19.3 Å². The van der Waals surface area contributed by atoms with Crippen molar-refractivity contribution in [2.24, 2.45) is 11.8 Å². The number of nitrogens with zero attached hydrogens (tertiary/aromatic N) is 1. The van der Waals surface area contributed by atoms with Gasteiger partial charge in [-0.05, 0) is 23.1 Å². The van der Waals surface area contributed by atoms with Gasteiger partial charge in [-0.15, -0.1) is 0 Å². The zero-order valence-electron chi connectivity index (χ0n) is 18.7. The predicted molar refractivity (Wildman–Crippen MR) is 125 cm³/mol. The van der Waals surface area contributed by atoms with E-state index in [-0.39, 0.29) is 23.5 Å². The summed E-state index contributed by atoms with van der Waals surface area (Å²) in [6, 6.07) is 27.3. The van der Waals surface area contributed by atoms with Crippen molar-refractivity contribution < 1.29 is 14.4 Å². The highest BCUT2D eigenvalue weighted by Gasteiger charge is 2.74. The molecule has 3 aromatic rings. The predicted octanol–water partition coefficient (Wildman–Crippen LogP) is 4.50. The van der Waals surface area contributed by atoms with Gasteiger partial charge in [0.05, 0.1) is 17.3 Å². The molecular formula is C29H25NO3.